The molecule has 0 bridgehead atoms. The highest BCUT2D eigenvalue weighted by molar-refractivity contribution is 7.92. The van der Waals surface area contributed by atoms with E-state index in [0.29, 0.717) is 10.5 Å². The molecule has 16 heavy (non-hydrogen) atoms. The van der Waals surface area contributed by atoms with Crippen LogP contribution in [0.5, 0.6) is 0 Å². The number of sulfone groups is 1. The molecule has 88 valence electrons. The van der Waals surface area contributed by atoms with Gasteiger partial charge in [0.2, 0.25) is 0 Å². The molecule has 0 heterocycles. The Hall–Kier alpha value is -0.940. The minimum absolute atomic E-state index is 0.264. The Balaban J connectivity index is 3.23. The molecule has 0 aliphatic rings. The topological polar surface area (TPSA) is 60.2 Å². The van der Waals surface area contributed by atoms with Crippen LogP contribution in [0.3, 0.4) is 0 Å². The van der Waals surface area contributed by atoms with Gasteiger partial charge in [0.25, 0.3) is 0 Å². The molecule has 1 aromatic rings. The maximum absolute atomic E-state index is 12.1. The standard InChI is InChI=1S/C11H15NO2S2/c1-11(2,3)16(13,14)9-6-4-8(5-7-9)10(12)15/h4-7H,1-3H3,(H2,12,15). The van der Waals surface area contributed by atoms with Crippen LogP contribution in [0.1, 0.15) is 26.3 Å². The number of hydrogen-bond acceptors (Lipinski definition) is 3. The predicted molar refractivity (Wildman–Crippen MR) is 69.3 cm³/mol. The minimum atomic E-state index is -3.30. The van der Waals surface area contributed by atoms with E-state index in [1.807, 2.05) is 0 Å². The highest BCUT2D eigenvalue weighted by atomic mass is 32.2. The van der Waals surface area contributed by atoms with Gasteiger partial charge in [-0.3, -0.25) is 0 Å². The second kappa shape index (κ2) is 4.14. The first-order chi connectivity index (χ1) is 7.16. The monoisotopic (exact) mass is 257 g/mol. The summed E-state index contributed by atoms with van der Waals surface area (Å²) < 4.78 is 23.3. The number of benzene rings is 1. The Morgan fingerprint density at radius 3 is 1.94 bits per heavy atom. The van der Waals surface area contributed by atoms with Crippen molar-refractivity contribution in [2.75, 3.05) is 0 Å². The van der Waals surface area contributed by atoms with Crippen molar-refractivity contribution in [3.63, 3.8) is 0 Å². The summed E-state index contributed by atoms with van der Waals surface area (Å²) >= 11 is 4.80. The van der Waals surface area contributed by atoms with Crippen LogP contribution in [-0.4, -0.2) is 18.2 Å². The summed E-state index contributed by atoms with van der Waals surface area (Å²) in [6.45, 7) is 5.01. The van der Waals surface area contributed by atoms with E-state index in [-0.39, 0.29) is 4.99 Å². The number of thiocarbonyl (C=S) groups is 1. The van der Waals surface area contributed by atoms with Gasteiger partial charge in [0, 0.05) is 5.56 Å². The Bertz CT molecular complexity index is 496. The highest BCUT2D eigenvalue weighted by Gasteiger charge is 2.30. The highest BCUT2D eigenvalue weighted by Crippen LogP contribution is 2.24. The number of hydrogen-bond donors (Lipinski definition) is 1. The van der Waals surface area contributed by atoms with E-state index in [1.165, 1.54) is 12.1 Å². The molecule has 2 N–H and O–H groups in total. The molecule has 1 rings (SSSR count). The minimum Gasteiger partial charge on any atom is -0.389 e. The summed E-state index contributed by atoms with van der Waals surface area (Å²) in [7, 11) is -3.30. The SMILES string of the molecule is CC(C)(C)S(=O)(=O)c1ccc(C(N)=S)cc1. The molecule has 0 aliphatic carbocycles. The maximum atomic E-state index is 12.1. The van der Waals surface area contributed by atoms with Crippen molar-refractivity contribution in [3.05, 3.63) is 29.8 Å². The van der Waals surface area contributed by atoms with Crippen molar-refractivity contribution in [3.8, 4) is 0 Å². The summed E-state index contributed by atoms with van der Waals surface area (Å²) in [5, 5.41) is 0. The van der Waals surface area contributed by atoms with E-state index < -0.39 is 14.6 Å². The first kappa shape index (κ1) is 13.1. The lowest BCUT2D eigenvalue weighted by molar-refractivity contribution is 0.560. The van der Waals surface area contributed by atoms with E-state index >= 15 is 0 Å². The van der Waals surface area contributed by atoms with Crippen LogP contribution in [0.2, 0.25) is 0 Å². The third-order valence-corrected chi connectivity index (χ3v) is 5.00. The van der Waals surface area contributed by atoms with Gasteiger partial charge >= 0.3 is 0 Å². The molecule has 0 spiro atoms. The fraction of sp³-hybridized carbons (Fsp3) is 0.364. The Kier molecular flexibility index (Phi) is 3.40. The van der Waals surface area contributed by atoms with Crippen molar-refractivity contribution in [1.29, 1.82) is 0 Å². The normalized spacial score (nSPS) is 12.4. The quantitative estimate of drug-likeness (QED) is 0.822. The van der Waals surface area contributed by atoms with Crippen molar-refractivity contribution in [2.45, 2.75) is 30.4 Å². The molecule has 0 aliphatic heterocycles. The molecule has 5 heteroatoms. The molecule has 0 saturated carbocycles. The lowest BCUT2D eigenvalue weighted by atomic mass is 10.2. The summed E-state index contributed by atoms with van der Waals surface area (Å²) in [5.41, 5.74) is 6.11. The van der Waals surface area contributed by atoms with Crippen molar-refractivity contribution >= 4 is 27.0 Å². The van der Waals surface area contributed by atoms with Gasteiger partial charge in [-0.25, -0.2) is 8.42 Å². The van der Waals surface area contributed by atoms with Gasteiger partial charge in [-0.15, -0.1) is 0 Å². The van der Waals surface area contributed by atoms with Gasteiger partial charge in [-0.05, 0) is 32.9 Å². The van der Waals surface area contributed by atoms with Gasteiger partial charge in [-0.2, -0.15) is 0 Å². The molecular formula is C11H15NO2S2. The molecule has 1 aromatic carbocycles. The summed E-state index contributed by atoms with van der Waals surface area (Å²) in [6.07, 6.45) is 0. The molecule has 0 radical (unpaired) electrons. The molecule has 0 unspecified atom stereocenters. The second-order valence-electron chi connectivity index (χ2n) is 4.50. The molecule has 0 amide bonds. The first-order valence-electron chi connectivity index (χ1n) is 4.81. The van der Waals surface area contributed by atoms with E-state index in [9.17, 15) is 8.42 Å². The summed E-state index contributed by atoms with van der Waals surface area (Å²) in [4.78, 5) is 0.555. The molecule has 0 aromatic heterocycles. The predicted octanol–water partition coefficient (Wildman–Crippen LogP) is 1.89. The lowest BCUT2D eigenvalue weighted by Crippen LogP contribution is -2.27. The van der Waals surface area contributed by atoms with Crippen LogP contribution in [0.25, 0.3) is 0 Å². The smallest absolute Gasteiger partial charge is 0.183 e. The van der Waals surface area contributed by atoms with Crippen LogP contribution in [0.4, 0.5) is 0 Å². The van der Waals surface area contributed by atoms with Crippen LogP contribution in [0.15, 0.2) is 29.2 Å². The van der Waals surface area contributed by atoms with Gasteiger partial charge in [0.05, 0.1) is 9.64 Å². The largest absolute Gasteiger partial charge is 0.389 e. The van der Waals surface area contributed by atoms with Gasteiger partial charge in [0.1, 0.15) is 4.99 Å². The van der Waals surface area contributed by atoms with Gasteiger partial charge in [-0.1, -0.05) is 24.4 Å². The third-order valence-electron chi connectivity index (χ3n) is 2.26. The Morgan fingerprint density at radius 2 is 1.62 bits per heavy atom. The Morgan fingerprint density at radius 1 is 1.19 bits per heavy atom. The maximum Gasteiger partial charge on any atom is 0.183 e. The van der Waals surface area contributed by atoms with E-state index in [0.717, 1.165) is 0 Å². The zero-order valence-corrected chi connectivity index (χ0v) is 11.2. The van der Waals surface area contributed by atoms with Gasteiger partial charge < -0.3 is 5.73 Å². The molecule has 0 fully saturated rings. The molecule has 0 saturated heterocycles. The molecule has 0 atom stereocenters. The summed E-state index contributed by atoms with van der Waals surface area (Å²) in [5.74, 6) is 0. The average Bonchev–Trinajstić information content (AvgIpc) is 2.16. The van der Waals surface area contributed by atoms with Gasteiger partial charge in [0.15, 0.2) is 9.84 Å². The Labute approximate surface area is 102 Å². The zero-order valence-electron chi connectivity index (χ0n) is 9.52. The first-order valence-corrected chi connectivity index (χ1v) is 6.70. The van der Waals surface area contributed by atoms with Crippen molar-refractivity contribution in [1.82, 2.24) is 0 Å². The average molecular weight is 257 g/mol. The van der Waals surface area contributed by atoms with Crippen molar-refractivity contribution in [2.24, 2.45) is 5.73 Å². The third kappa shape index (κ3) is 2.41. The van der Waals surface area contributed by atoms with Crippen LogP contribution < -0.4 is 5.73 Å². The van der Waals surface area contributed by atoms with E-state index in [2.05, 4.69) is 0 Å². The summed E-state index contributed by atoms with van der Waals surface area (Å²) in [6, 6.07) is 6.33. The number of rotatable bonds is 2. The van der Waals surface area contributed by atoms with Crippen LogP contribution in [0, 0.1) is 0 Å². The molecule has 3 nitrogen and oxygen atoms in total. The second-order valence-corrected chi connectivity index (χ2v) is 7.65. The fourth-order valence-corrected chi connectivity index (χ4v) is 2.49. The van der Waals surface area contributed by atoms with Crippen LogP contribution in [-0.2, 0) is 9.84 Å². The zero-order chi connectivity index (χ0) is 12.6. The molecular weight excluding hydrogens is 242 g/mol. The number of nitrogens with two attached hydrogens (primary N) is 1. The lowest BCUT2D eigenvalue weighted by Gasteiger charge is -2.19. The van der Waals surface area contributed by atoms with E-state index in [4.69, 9.17) is 18.0 Å². The fourth-order valence-electron chi connectivity index (χ4n) is 1.15. The van der Waals surface area contributed by atoms with Crippen LogP contribution >= 0.6 is 12.2 Å². The van der Waals surface area contributed by atoms with E-state index in [1.54, 1.807) is 32.9 Å². The van der Waals surface area contributed by atoms with Crippen molar-refractivity contribution < 1.29 is 8.42 Å².